The van der Waals surface area contributed by atoms with Crippen molar-refractivity contribution in [1.29, 1.82) is 0 Å². The number of benzene rings is 1. The molecule has 2 aromatic rings. The van der Waals surface area contributed by atoms with Gasteiger partial charge in [-0.25, -0.2) is 4.98 Å². The Bertz CT molecular complexity index is 567. The number of ether oxygens (including phenoxy) is 1. The monoisotopic (exact) mass is 274 g/mol. The first kappa shape index (κ1) is 12.6. The van der Waals surface area contributed by atoms with E-state index >= 15 is 0 Å². The summed E-state index contributed by atoms with van der Waals surface area (Å²) in [5.74, 6) is 1.40. The summed E-state index contributed by atoms with van der Waals surface area (Å²) >= 11 is 1.69. The largest absolute Gasteiger partial charge is 0.483 e. The molecule has 1 unspecified atom stereocenters. The molecule has 3 nitrogen and oxygen atoms in total. The lowest BCUT2D eigenvalue weighted by Gasteiger charge is -2.06. The van der Waals surface area contributed by atoms with E-state index in [9.17, 15) is 0 Å². The molecule has 0 saturated heterocycles. The predicted molar refractivity (Wildman–Crippen MR) is 77.6 cm³/mol. The fourth-order valence-electron chi connectivity index (χ4n) is 2.44. The molecule has 100 valence electrons. The van der Waals surface area contributed by atoms with E-state index in [1.165, 1.54) is 10.4 Å². The van der Waals surface area contributed by atoms with Crippen LogP contribution in [0.25, 0.3) is 0 Å². The summed E-state index contributed by atoms with van der Waals surface area (Å²) in [6, 6.07) is 8.21. The predicted octanol–water partition coefficient (Wildman–Crippen LogP) is 3.40. The molecule has 1 aromatic heterocycles. The number of aromatic nitrogens is 1. The lowest BCUT2D eigenvalue weighted by molar-refractivity contribution is 0.238. The second-order valence-electron chi connectivity index (χ2n) is 5.14. The van der Waals surface area contributed by atoms with E-state index in [1.807, 2.05) is 12.1 Å². The number of nitrogens with two attached hydrogens (primary N) is 1. The summed E-state index contributed by atoms with van der Waals surface area (Å²) in [6.07, 6.45) is 0.964. The zero-order valence-electron chi connectivity index (χ0n) is 11.2. The fourth-order valence-corrected chi connectivity index (χ4v) is 3.57. The molecule has 0 spiro atoms. The summed E-state index contributed by atoms with van der Waals surface area (Å²) in [7, 11) is 0. The van der Waals surface area contributed by atoms with Gasteiger partial charge in [0.25, 0.3) is 0 Å². The molecule has 1 atom stereocenters. The van der Waals surface area contributed by atoms with Crippen molar-refractivity contribution in [2.24, 2.45) is 5.73 Å². The van der Waals surface area contributed by atoms with Gasteiger partial charge in [0, 0.05) is 17.8 Å². The molecule has 0 fully saturated rings. The van der Waals surface area contributed by atoms with Crippen molar-refractivity contribution in [3.63, 3.8) is 0 Å². The molecule has 1 aromatic carbocycles. The Labute approximate surface area is 117 Å². The molecule has 0 saturated carbocycles. The third-order valence-electron chi connectivity index (χ3n) is 3.40. The minimum Gasteiger partial charge on any atom is -0.483 e. The van der Waals surface area contributed by atoms with Gasteiger partial charge in [0.05, 0.1) is 5.69 Å². The highest BCUT2D eigenvalue weighted by molar-refractivity contribution is 7.11. The number of rotatable bonds is 3. The van der Waals surface area contributed by atoms with Crippen LogP contribution in [0.1, 0.15) is 47.0 Å². The lowest BCUT2D eigenvalue weighted by Crippen LogP contribution is -2.03. The van der Waals surface area contributed by atoms with Gasteiger partial charge < -0.3 is 10.5 Å². The molecule has 1 aliphatic rings. The van der Waals surface area contributed by atoms with Crippen molar-refractivity contribution in [2.45, 2.75) is 38.8 Å². The molecule has 1 aliphatic heterocycles. The summed E-state index contributed by atoms with van der Waals surface area (Å²) in [5.41, 5.74) is 8.21. The molecular formula is C15H18N2OS. The van der Waals surface area contributed by atoms with Crippen LogP contribution in [-0.2, 0) is 13.0 Å². The van der Waals surface area contributed by atoms with Gasteiger partial charge in [0.2, 0.25) is 0 Å². The first-order valence-corrected chi connectivity index (χ1v) is 7.44. The second kappa shape index (κ2) is 4.94. The van der Waals surface area contributed by atoms with Gasteiger partial charge in [-0.15, -0.1) is 11.3 Å². The lowest BCUT2D eigenvalue weighted by atomic mass is 10.1. The Kier molecular flexibility index (Phi) is 3.29. The molecule has 0 amide bonds. The quantitative estimate of drug-likeness (QED) is 0.933. The summed E-state index contributed by atoms with van der Waals surface area (Å²) < 4.78 is 5.99. The molecule has 0 bridgehead atoms. The minimum absolute atomic E-state index is 0.0557. The standard InChI is InChI=1S/C15H18N2OS/c1-9(2)14-13(8-16)19-15(17-14)12-7-10-5-3-4-6-11(10)18-12/h3-6,9,12H,7-8,16H2,1-2H3. The highest BCUT2D eigenvalue weighted by Gasteiger charge is 2.28. The second-order valence-corrected chi connectivity index (χ2v) is 6.25. The molecule has 3 rings (SSSR count). The Hall–Kier alpha value is -1.39. The number of hydrogen-bond acceptors (Lipinski definition) is 4. The van der Waals surface area contributed by atoms with Crippen molar-refractivity contribution in [1.82, 2.24) is 4.98 Å². The molecule has 0 radical (unpaired) electrons. The van der Waals surface area contributed by atoms with E-state index in [-0.39, 0.29) is 6.10 Å². The fraction of sp³-hybridized carbons (Fsp3) is 0.400. The summed E-state index contributed by atoms with van der Waals surface area (Å²) in [6.45, 7) is 4.87. The Balaban J connectivity index is 1.89. The van der Waals surface area contributed by atoms with Gasteiger partial charge in [0.1, 0.15) is 10.8 Å². The van der Waals surface area contributed by atoms with E-state index in [0.717, 1.165) is 22.9 Å². The zero-order valence-corrected chi connectivity index (χ0v) is 12.0. The Morgan fingerprint density at radius 1 is 1.42 bits per heavy atom. The van der Waals surface area contributed by atoms with Crippen LogP contribution in [-0.4, -0.2) is 4.98 Å². The van der Waals surface area contributed by atoms with Crippen LogP contribution in [0.4, 0.5) is 0 Å². The third kappa shape index (κ3) is 2.26. The van der Waals surface area contributed by atoms with Gasteiger partial charge in [-0.1, -0.05) is 32.0 Å². The maximum absolute atomic E-state index is 5.99. The van der Waals surface area contributed by atoms with Gasteiger partial charge >= 0.3 is 0 Å². The topological polar surface area (TPSA) is 48.1 Å². The first-order valence-electron chi connectivity index (χ1n) is 6.63. The van der Waals surface area contributed by atoms with Crippen LogP contribution < -0.4 is 10.5 Å². The number of nitrogens with zero attached hydrogens (tertiary/aromatic N) is 1. The maximum Gasteiger partial charge on any atom is 0.154 e. The van der Waals surface area contributed by atoms with Crippen molar-refractivity contribution in [2.75, 3.05) is 0 Å². The first-order chi connectivity index (χ1) is 9.19. The van der Waals surface area contributed by atoms with E-state index in [2.05, 4.69) is 26.0 Å². The molecule has 2 heterocycles. The average Bonchev–Trinajstić information content (AvgIpc) is 3.02. The van der Waals surface area contributed by atoms with Gasteiger partial charge in [0.15, 0.2) is 6.10 Å². The molecular weight excluding hydrogens is 256 g/mol. The highest BCUT2D eigenvalue weighted by Crippen LogP contribution is 2.39. The average molecular weight is 274 g/mol. The Morgan fingerprint density at radius 2 is 2.21 bits per heavy atom. The number of para-hydroxylation sites is 1. The van der Waals surface area contributed by atoms with Gasteiger partial charge in [-0.2, -0.15) is 0 Å². The number of fused-ring (bicyclic) bond motifs is 1. The smallest absolute Gasteiger partial charge is 0.154 e. The summed E-state index contributed by atoms with van der Waals surface area (Å²) in [5, 5.41) is 1.06. The third-order valence-corrected chi connectivity index (χ3v) is 4.58. The van der Waals surface area contributed by atoms with Crippen LogP contribution in [0.2, 0.25) is 0 Å². The zero-order chi connectivity index (χ0) is 13.4. The maximum atomic E-state index is 5.99. The molecule has 2 N–H and O–H groups in total. The molecule has 0 aliphatic carbocycles. The Morgan fingerprint density at radius 3 is 2.84 bits per heavy atom. The van der Waals surface area contributed by atoms with Crippen molar-refractivity contribution in [3.8, 4) is 5.75 Å². The van der Waals surface area contributed by atoms with Crippen LogP contribution in [0.5, 0.6) is 5.75 Å². The number of hydrogen-bond donors (Lipinski definition) is 1. The van der Waals surface area contributed by atoms with Crippen LogP contribution >= 0.6 is 11.3 Å². The van der Waals surface area contributed by atoms with E-state index in [4.69, 9.17) is 15.5 Å². The molecule has 19 heavy (non-hydrogen) atoms. The van der Waals surface area contributed by atoms with Crippen LogP contribution in [0.15, 0.2) is 24.3 Å². The van der Waals surface area contributed by atoms with Crippen molar-refractivity contribution in [3.05, 3.63) is 45.4 Å². The summed E-state index contributed by atoms with van der Waals surface area (Å²) in [4.78, 5) is 5.94. The normalized spacial score (nSPS) is 17.6. The van der Waals surface area contributed by atoms with Crippen LogP contribution in [0.3, 0.4) is 0 Å². The molecule has 4 heteroatoms. The minimum atomic E-state index is 0.0557. The van der Waals surface area contributed by atoms with Crippen molar-refractivity contribution >= 4 is 11.3 Å². The highest BCUT2D eigenvalue weighted by atomic mass is 32.1. The van der Waals surface area contributed by atoms with Crippen LogP contribution in [0, 0.1) is 0 Å². The number of thiazole rings is 1. The van der Waals surface area contributed by atoms with Crippen molar-refractivity contribution < 1.29 is 4.74 Å². The SMILES string of the molecule is CC(C)c1nc(C2Cc3ccccc3O2)sc1CN. The van der Waals surface area contributed by atoms with Gasteiger partial charge in [-0.05, 0) is 17.5 Å². The van der Waals surface area contributed by atoms with Gasteiger partial charge in [-0.3, -0.25) is 0 Å². The van der Waals surface area contributed by atoms with E-state index in [1.54, 1.807) is 11.3 Å². The van der Waals surface area contributed by atoms with E-state index in [0.29, 0.717) is 12.5 Å². The van der Waals surface area contributed by atoms with E-state index < -0.39 is 0 Å².